The summed E-state index contributed by atoms with van der Waals surface area (Å²) in [6.45, 7) is 7.15. The minimum Gasteiger partial charge on any atom is -0.456 e. The third kappa shape index (κ3) is 4.60. The van der Waals surface area contributed by atoms with Crippen molar-refractivity contribution in [1.82, 2.24) is 0 Å². The van der Waals surface area contributed by atoms with Crippen LogP contribution in [0, 0.1) is 0 Å². The predicted molar refractivity (Wildman–Crippen MR) is 160 cm³/mol. The van der Waals surface area contributed by atoms with Gasteiger partial charge in [0.1, 0.15) is 11.5 Å². The van der Waals surface area contributed by atoms with Crippen LogP contribution in [0.25, 0.3) is 0 Å². The van der Waals surface area contributed by atoms with Crippen molar-refractivity contribution in [2.45, 2.75) is 51.7 Å². The second kappa shape index (κ2) is 11.1. The lowest BCUT2D eigenvalue weighted by Gasteiger charge is -2.37. The molecule has 5 heteroatoms. The highest BCUT2D eigenvalue weighted by molar-refractivity contribution is 5.97. The molecule has 4 aromatic carbocycles. The number of benzene rings is 4. The summed E-state index contributed by atoms with van der Waals surface area (Å²) in [4.78, 5) is 15.7. The van der Waals surface area contributed by atoms with Crippen molar-refractivity contribution in [3.63, 3.8) is 0 Å². The van der Waals surface area contributed by atoms with Crippen molar-refractivity contribution >= 4 is 17.3 Å². The third-order valence-corrected chi connectivity index (χ3v) is 7.96. The predicted octanol–water partition coefficient (Wildman–Crippen LogP) is 8.27. The Bertz CT molecular complexity index is 1510. The zero-order chi connectivity index (χ0) is 27.5. The molecule has 4 aromatic rings. The van der Waals surface area contributed by atoms with E-state index < -0.39 is 5.60 Å². The molecule has 5 nitrogen and oxygen atoms in total. The number of anilines is 2. The molecule has 0 saturated carbocycles. The van der Waals surface area contributed by atoms with Crippen molar-refractivity contribution in [2.75, 3.05) is 23.3 Å². The molecule has 0 fully saturated rings. The van der Waals surface area contributed by atoms with Gasteiger partial charge in [0.2, 0.25) is 0 Å². The summed E-state index contributed by atoms with van der Waals surface area (Å²) in [6.07, 6.45) is 4.57. The number of nitrogens with one attached hydrogen (secondary N) is 1. The van der Waals surface area contributed by atoms with Crippen LogP contribution in [0.4, 0.5) is 11.4 Å². The van der Waals surface area contributed by atoms with Gasteiger partial charge in [0.15, 0.2) is 5.60 Å². The Morgan fingerprint density at radius 2 is 1.50 bits per heavy atom. The lowest BCUT2D eigenvalue weighted by molar-refractivity contribution is 0.0224. The molecule has 40 heavy (non-hydrogen) atoms. The zero-order valence-corrected chi connectivity index (χ0v) is 23.3. The average molecular weight is 533 g/mol. The maximum absolute atomic E-state index is 13.3. The maximum Gasteiger partial charge on any atom is 0.340 e. The second-order valence-corrected chi connectivity index (χ2v) is 10.6. The number of hydrogen-bond acceptors (Lipinski definition) is 5. The molecule has 2 heterocycles. The van der Waals surface area contributed by atoms with Gasteiger partial charge >= 0.3 is 5.97 Å². The van der Waals surface area contributed by atoms with Crippen molar-refractivity contribution in [2.24, 2.45) is 0 Å². The van der Waals surface area contributed by atoms with E-state index in [4.69, 9.17) is 9.47 Å². The normalized spacial score (nSPS) is 16.5. The van der Waals surface area contributed by atoms with Crippen LogP contribution in [-0.4, -0.2) is 19.1 Å². The zero-order valence-electron chi connectivity index (χ0n) is 23.3. The Morgan fingerprint density at radius 3 is 2.27 bits per heavy atom. The third-order valence-electron chi connectivity index (χ3n) is 7.96. The van der Waals surface area contributed by atoms with Gasteiger partial charge in [0.25, 0.3) is 0 Å². The van der Waals surface area contributed by atoms with Crippen LogP contribution >= 0.6 is 0 Å². The summed E-state index contributed by atoms with van der Waals surface area (Å²) < 4.78 is 13.0. The highest BCUT2D eigenvalue weighted by atomic mass is 16.6. The summed E-state index contributed by atoms with van der Waals surface area (Å²) in [5.74, 6) is 1.12. The van der Waals surface area contributed by atoms with Crippen LogP contribution in [0.1, 0.15) is 72.1 Å². The number of unbranched alkanes of at least 4 members (excludes halogenated alkanes) is 2. The fraction of sp³-hybridized carbons (Fsp3) is 0.286. The molecule has 0 aromatic heterocycles. The van der Waals surface area contributed by atoms with Crippen LogP contribution < -0.4 is 15.0 Å². The van der Waals surface area contributed by atoms with E-state index in [1.807, 2.05) is 54.6 Å². The summed E-state index contributed by atoms with van der Waals surface area (Å²) >= 11 is 0. The van der Waals surface area contributed by atoms with Gasteiger partial charge < -0.3 is 19.7 Å². The van der Waals surface area contributed by atoms with E-state index in [-0.39, 0.29) is 5.97 Å². The van der Waals surface area contributed by atoms with Crippen LogP contribution in [0.2, 0.25) is 0 Å². The Balaban J connectivity index is 1.44. The Morgan fingerprint density at radius 1 is 0.750 bits per heavy atom. The molecule has 1 N–H and O–H groups in total. The van der Waals surface area contributed by atoms with E-state index >= 15 is 0 Å². The van der Waals surface area contributed by atoms with E-state index in [1.165, 1.54) is 5.56 Å². The summed E-state index contributed by atoms with van der Waals surface area (Å²) in [7, 11) is 0. The molecule has 6 rings (SSSR count). The monoisotopic (exact) mass is 532 g/mol. The average Bonchev–Trinajstić information content (AvgIpc) is 3.29. The molecule has 0 bridgehead atoms. The number of ether oxygens (including phenoxy) is 2. The standard InChI is InChI=1S/C35H36N2O3/c1-3-5-20-37(21-6-4-2)27-17-18-30-33(23-27)39-32-19-16-26(36-24-25-12-8-7-9-13-25)22-31(32)35(30)29-15-11-10-14-28(29)34(38)40-35/h7-19,22-23,36H,3-6,20-21,24H2,1-2H3. The highest BCUT2D eigenvalue weighted by Gasteiger charge is 2.53. The number of fused-ring (bicyclic) bond motifs is 6. The quantitative estimate of drug-likeness (QED) is 0.208. The smallest absolute Gasteiger partial charge is 0.340 e. The van der Waals surface area contributed by atoms with Crippen molar-refractivity contribution in [3.8, 4) is 11.5 Å². The molecule has 1 unspecified atom stereocenters. The van der Waals surface area contributed by atoms with Crippen LogP contribution in [-0.2, 0) is 16.9 Å². The van der Waals surface area contributed by atoms with E-state index in [9.17, 15) is 4.79 Å². The minimum atomic E-state index is -1.07. The van der Waals surface area contributed by atoms with Crippen molar-refractivity contribution in [3.05, 3.63) is 119 Å². The topological polar surface area (TPSA) is 50.8 Å². The summed E-state index contributed by atoms with van der Waals surface area (Å²) in [5, 5.41) is 3.54. The van der Waals surface area contributed by atoms with Gasteiger partial charge in [-0.2, -0.15) is 0 Å². The van der Waals surface area contributed by atoms with Gasteiger partial charge in [-0.1, -0.05) is 75.2 Å². The van der Waals surface area contributed by atoms with E-state index in [2.05, 4.69) is 60.5 Å². The number of hydrogen-bond donors (Lipinski definition) is 1. The number of carbonyl (C=O) groups is 1. The van der Waals surface area contributed by atoms with Gasteiger partial charge in [-0.25, -0.2) is 4.79 Å². The Labute approximate surface area is 236 Å². The molecule has 1 atom stereocenters. The van der Waals surface area contributed by atoms with E-state index in [1.54, 1.807) is 0 Å². The number of nitrogens with zero attached hydrogens (tertiary/aromatic N) is 1. The maximum atomic E-state index is 13.3. The number of rotatable bonds is 10. The van der Waals surface area contributed by atoms with Gasteiger partial charge in [-0.15, -0.1) is 0 Å². The highest BCUT2D eigenvalue weighted by Crippen LogP contribution is 2.57. The first-order valence-corrected chi connectivity index (χ1v) is 14.5. The van der Waals surface area contributed by atoms with Gasteiger partial charge in [0.05, 0.1) is 5.56 Å². The SMILES string of the molecule is CCCCN(CCCC)c1ccc2c(c1)Oc1ccc(NCc3ccccc3)cc1C21OC(=O)c2ccccc21. The fourth-order valence-corrected chi connectivity index (χ4v) is 5.84. The first-order valence-electron chi connectivity index (χ1n) is 14.5. The number of esters is 1. The van der Waals surface area contributed by atoms with Gasteiger partial charge in [-0.05, 0) is 54.8 Å². The minimum absolute atomic E-state index is 0.311. The molecule has 2 aliphatic rings. The molecule has 204 valence electrons. The molecule has 1 spiro atoms. The van der Waals surface area contributed by atoms with Crippen LogP contribution in [0.3, 0.4) is 0 Å². The van der Waals surface area contributed by atoms with Gasteiger partial charge in [0, 0.05) is 53.8 Å². The van der Waals surface area contributed by atoms with E-state index in [0.29, 0.717) is 17.9 Å². The van der Waals surface area contributed by atoms with Crippen LogP contribution in [0.5, 0.6) is 11.5 Å². The van der Waals surface area contributed by atoms with E-state index in [0.717, 1.165) is 72.6 Å². The molecule has 0 amide bonds. The largest absolute Gasteiger partial charge is 0.456 e. The molecule has 2 aliphatic heterocycles. The molecule has 0 saturated heterocycles. The summed E-state index contributed by atoms with van der Waals surface area (Å²) in [5.41, 5.74) is 5.34. The van der Waals surface area contributed by atoms with Gasteiger partial charge in [-0.3, -0.25) is 0 Å². The molecule has 0 radical (unpaired) electrons. The second-order valence-electron chi connectivity index (χ2n) is 10.6. The number of carbonyl (C=O) groups excluding carboxylic acids is 1. The molecular formula is C35H36N2O3. The Hall–Kier alpha value is -4.25. The fourth-order valence-electron chi connectivity index (χ4n) is 5.84. The molecular weight excluding hydrogens is 496 g/mol. The van der Waals surface area contributed by atoms with Crippen molar-refractivity contribution in [1.29, 1.82) is 0 Å². The lowest BCUT2D eigenvalue weighted by atomic mass is 9.77. The lowest BCUT2D eigenvalue weighted by Crippen LogP contribution is -2.33. The Kier molecular flexibility index (Phi) is 7.21. The van der Waals surface area contributed by atoms with Crippen molar-refractivity contribution < 1.29 is 14.3 Å². The summed E-state index contributed by atoms with van der Waals surface area (Å²) in [6, 6.07) is 30.5. The first kappa shape index (κ1) is 26.0. The first-order chi connectivity index (χ1) is 19.6. The molecule has 0 aliphatic carbocycles. The van der Waals surface area contributed by atoms with Crippen LogP contribution in [0.15, 0.2) is 91.0 Å².